The first-order chi connectivity index (χ1) is 13.9. The Hall–Kier alpha value is -2.72. The van der Waals surface area contributed by atoms with Gasteiger partial charge in [-0.1, -0.05) is 0 Å². The summed E-state index contributed by atoms with van der Waals surface area (Å²) in [7, 11) is -3.47. The number of hydrogen-bond donors (Lipinski definition) is 3. The molecule has 152 valence electrons. The van der Waals surface area contributed by atoms with Crippen molar-refractivity contribution in [1.29, 1.82) is 0 Å². The van der Waals surface area contributed by atoms with Crippen molar-refractivity contribution in [3.05, 3.63) is 34.5 Å². The van der Waals surface area contributed by atoms with Crippen LogP contribution in [-0.4, -0.2) is 32.3 Å². The van der Waals surface area contributed by atoms with Crippen LogP contribution in [0.15, 0.2) is 21.5 Å². The summed E-state index contributed by atoms with van der Waals surface area (Å²) in [5.41, 5.74) is 4.34. The molecule has 2 aliphatic carbocycles. The average molecular weight is 414 g/mol. The van der Waals surface area contributed by atoms with Crippen molar-refractivity contribution in [1.82, 2.24) is 9.78 Å². The highest BCUT2D eigenvalue weighted by molar-refractivity contribution is 7.91. The summed E-state index contributed by atoms with van der Waals surface area (Å²) in [6.07, 6.45) is 6.05. The van der Waals surface area contributed by atoms with E-state index in [1.807, 2.05) is 6.07 Å². The van der Waals surface area contributed by atoms with Crippen LogP contribution in [0.5, 0.6) is 0 Å². The van der Waals surface area contributed by atoms with Crippen molar-refractivity contribution in [3.63, 3.8) is 0 Å². The quantitative estimate of drug-likeness (QED) is 0.693. The summed E-state index contributed by atoms with van der Waals surface area (Å²) in [5.74, 6) is 0.648. The number of carbonyl (C=O) groups excluding carboxylic acids is 2. The van der Waals surface area contributed by atoms with E-state index in [9.17, 15) is 13.8 Å². The van der Waals surface area contributed by atoms with Crippen LogP contribution in [0, 0.1) is 0 Å². The van der Waals surface area contributed by atoms with Gasteiger partial charge in [-0.2, -0.15) is 5.10 Å². The third kappa shape index (κ3) is 3.03. The van der Waals surface area contributed by atoms with Gasteiger partial charge in [0.2, 0.25) is 0 Å². The molecule has 0 radical (unpaired) electrons. The molecule has 0 saturated heterocycles. The van der Waals surface area contributed by atoms with Gasteiger partial charge in [0.25, 0.3) is 0 Å². The minimum atomic E-state index is -3.47. The number of ketones is 1. The zero-order valence-corrected chi connectivity index (χ0v) is 16.7. The highest BCUT2D eigenvalue weighted by Gasteiger charge is 2.29. The number of carbonyl (C=O) groups is 2. The standard InChI is InChI=1S/C19H22N6O3S/c20-29(28,16-10-22-25-8-2-7-21-18(16)25)24-19(27)23-17-12-4-1-3-11(12)9-14-13(17)5-6-15(14)26/h9-10,21H,1-8H2,(H3,20,23,24,27,28). The SMILES string of the molecule is NS(=O)(=NC(=O)Nc1c2c(cc3c1CCC3=O)CCC2)c1cnn2c1NCCC2. The molecule has 10 heteroatoms. The molecule has 1 aliphatic heterocycles. The van der Waals surface area contributed by atoms with E-state index in [1.54, 1.807) is 4.68 Å². The first-order valence-electron chi connectivity index (χ1n) is 9.80. The van der Waals surface area contributed by atoms with Crippen LogP contribution >= 0.6 is 0 Å². The Kier molecular flexibility index (Phi) is 4.21. The minimum absolute atomic E-state index is 0.0994. The molecule has 1 atom stereocenters. The molecule has 0 bridgehead atoms. The van der Waals surface area contributed by atoms with Crippen molar-refractivity contribution >= 4 is 33.2 Å². The van der Waals surface area contributed by atoms with Crippen molar-refractivity contribution in [2.45, 2.75) is 50.0 Å². The van der Waals surface area contributed by atoms with E-state index in [4.69, 9.17) is 5.14 Å². The second kappa shape index (κ2) is 6.67. The van der Waals surface area contributed by atoms with Gasteiger partial charge in [-0.15, -0.1) is 4.36 Å². The second-order valence-corrected chi connectivity index (χ2v) is 9.40. The first kappa shape index (κ1) is 18.3. The summed E-state index contributed by atoms with van der Waals surface area (Å²) in [6.45, 7) is 1.41. The molecule has 1 aromatic heterocycles. The molecule has 1 aromatic carbocycles. The zero-order chi connectivity index (χ0) is 20.2. The lowest BCUT2D eigenvalue weighted by Crippen LogP contribution is -2.22. The Balaban J connectivity index is 1.50. The Morgan fingerprint density at radius 3 is 2.97 bits per heavy atom. The molecule has 2 heterocycles. The van der Waals surface area contributed by atoms with Crippen LogP contribution in [0.2, 0.25) is 0 Å². The second-order valence-electron chi connectivity index (χ2n) is 7.64. The first-order valence-corrected chi connectivity index (χ1v) is 11.4. The number of fused-ring (bicyclic) bond motifs is 3. The highest BCUT2D eigenvalue weighted by Crippen LogP contribution is 2.38. The number of rotatable bonds is 2. The number of urea groups is 1. The maximum absolute atomic E-state index is 13.0. The molecule has 3 aliphatic rings. The summed E-state index contributed by atoms with van der Waals surface area (Å²) >= 11 is 0. The van der Waals surface area contributed by atoms with Crippen LogP contribution < -0.4 is 15.8 Å². The number of anilines is 2. The van der Waals surface area contributed by atoms with Gasteiger partial charge < -0.3 is 10.6 Å². The van der Waals surface area contributed by atoms with Crippen molar-refractivity contribution in [3.8, 4) is 0 Å². The van der Waals surface area contributed by atoms with Crippen molar-refractivity contribution in [2.75, 3.05) is 17.2 Å². The van der Waals surface area contributed by atoms with Crippen LogP contribution in [0.25, 0.3) is 0 Å². The van der Waals surface area contributed by atoms with Crippen molar-refractivity contribution < 1.29 is 13.8 Å². The predicted octanol–water partition coefficient (Wildman–Crippen LogP) is 2.25. The van der Waals surface area contributed by atoms with Gasteiger partial charge >= 0.3 is 6.03 Å². The molecule has 0 saturated carbocycles. The van der Waals surface area contributed by atoms with Gasteiger partial charge in [-0.3, -0.25) is 4.79 Å². The minimum Gasteiger partial charge on any atom is -0.369 e. The van der Waals surface area contributed by atoms with Gasteiger partial charge in [-0.25, -0.2) is 18.8 Å². The summed E-state index contributed by atoms with van der Waals surface area (Å²) in [4.78, 5) is 25.1. The third-order valence-electron chi connectivity index (χ3n) is 5.82. The van der Waals surface area contributed by atoms with E-state index in [0.29, 0.717) is 36.5 Å². The number of aryl methyl sites for hydroxylation is 2. The number of nitrogens with zero attached hydrogens (tertiary/aromatic N) is 3. The van der Waals surface area contributed by atoms with E-state index in [1.165, 1.54) is 6.20 Å². The lowest BCUT2D eigenvalue weighted by molar-refractivity contribution is 0.0994. The number of aromatic nitrogens is 2. The molecule has 4 N–H and O–H groups in total. The highest BCUT2D eigenvalue weighted by atomic mass is 32.2. The fourth-order valence-corrected chi connectivity index (χ4v) is 5.53. The normalized spacial score (nSPS) is 19.0. The molecule has 9 nitrogen and oxygen atoms in total. The van der Waals surface area contributed by atoms with E-state index < -0.39 is 15.9 Å². The average Bonchev–Trinajstić information content (AvgIpc) is 3.40. The van der Waals surface area contributed by atoms with Crippen LogP contribution in [-0.2, 0) is 35.7 Å². The summed E-state index contributed by atoms with van der Waals surface area (Å²) in [5, 5.41) is 16.1. The summed E-state index contributed by atoms with van der Waals surface area (Å²) < 4.78 is 18.5. The topological polar surface area (TPSA) is 131 Å². The Morgan fingerprint density at radius 1 is 1.24 bits per heavy atom. The zero-order valence-electron chi connectivity index (χ0n) is 15.9. The molecule has 2 amide bonds. The monoisotopic (exact) mass is 414 g/mol. The number of Topliss-reactive ketones (excluding diaryl/α,β-unsaturated/α-hetero) is 1. The molecule has 5 rings (SSSR count). The van der Waals surface area contributed by atoms with Gasteiger partial charge in [0.1, 0.15) is 20.6 Å². The Bertz CT molecular complexity index is 1180. The van der Waals surface area contributed by atoms with Crippen LogP contribution in [0.3, 0.4) is 0 Å². The lowest BCUT2D eigenvalue weighted by atomic mass is 9.98. The van der Waals surface area contributed by atoms with E-state index in [0.717, 1.165) is 48.9 Å². The van der Waals surface area contributed by atoms with Gasteiger partial charge in [0.05, 0.1) is 6.20 Å². The largest absolute Gasteiger partial charge is 0.369 e. The fraction of sp³-hybridized carbons (Fsp3) is 0.421. The maximum Gasteiger partial charge on any atom is 0.354 e. The van der Waals surface area contributed by atoms with E-state index in [-0.39, 0.29) is 10.7 Å². The van der Waals surface area contributed by atoms with Crippen LogP contribution in [0.1, 0.15) is 46.3 Å². The molecule has 0 spiro atoms. The van der Waals surface area contributed by atoms with E-state index >= 15 is 0 Å². The fourth-order valence-electron chi connectivity index (χ4n) is 4.49. The van der Waals surface area contributed by atoms with Gasteiger partial charge in [0.15, 0.2) is 5.78 Å². The van der Waals surface area contributed by atoms with Crippen LogP contribution in [0.4, 0.5) is 16.3 Å². The number of nitrogens with two attached hydrogens (primary N) is 1. The smallest absolute Gasteiger partial charge is 0.354 e. The van der Waals surface area contributed by atoms with Gasteiger partial charge in [-0.05, 0) is 54.9 Å². The number of benzene rings is 1. The summed E-state index contributed by atoms with van der Waals surface area (Å²) in [6, 6.07) is 1.20. The van der Waals surface area contributed by atoms with E-state index in [2.05, 4.69) is 20.1 Å². The number of amides is 2. The molecular weight excluding hydrogens is 392 g/mol. The molecule has 2 aromatic rings. The Morgan fingerprint density at radius 2 is 2.10 bits per heavy atom. The number of nitrogens with one attached hydrogen (secondary N) is 2. The maximum atomic E-state index is 13.0. The molecule has 1 unspecified atom stereocenters. The van der Waals surface area contributed by atoms with Crippen molar-refractivity contribution in [2.24, 2.45) is 9.50 Å². The lowest BCUT2D eigenvalue weighted by Gasteiger charge is -2.17. The Labute approximate surface area is 168 Å². The number of hydrogen-bond acceptors (Lipinski definition) is 5. The molecule has 29 heavy (non-hydrogen) atoms. The van der Waals surface area contributed by atoms with Gasteiger partial charge in [0, 0.05) is 30.8 Å². The third-order valence-corrected chi connectivity index (χ3v) is 7.19. The predicted molar refractivity (Wildman–Crippen MR) is 108 cm³/mol. The molecule has 0 fully saturated rings. The molecular formula is C19H22N6O3S.